The summed E-state index contributed by atoms with van der Waals surface area (Å²) in [6, 6.07) is 5.71. The largest absolute Gasteiger partial charge is 0.344 e. The van der Waals surface area contributed by atoms with Crippen molar-refractivity contribution in [3.05, 3.63) is 51.7 Å². The summed E-state index contributed by atoms with van der Waals surface area (Å²) in [5.41, 5.74) is -0.253. The Morgan fingerprint density at radius 2 is 2.21 bits per heavy atom. The van der Waals surface area contributed by atoms with Gasteiger partial charge in [0.05, 0.1) is 11.5 Å². The Kier molecular flexibility index (Phi) is 3.51. The molecule has 19 heavy (non-hydrogen) atoms. The second kappa shape index (κ2) is 5.25. The zero-order valence-corrected chi connectivity index (χ0v) is 9.99. The van der Waals surface area contributed by atoms with Crippen LogP contribution in [-0.4, -0.2) is 21.0 Å². The minimum absolute atomic E-state index is 0.00674. The highest BCUT2D eigenvalue weighted by Crippen LogP contribution is 2.17. The van der Waals surface area contributed by atoms with Gasteiger partial charge in [-0.25, -0.2) is 0 Å². The fraction of sp³-hybridized carbons (Fsp3) is 0.182. The first kappa shape index (κ1) is 12.7. The molecule has 8 nitrogen and oxygen atoms in total. The SMILES string of the molecule is Cc1nc(CNC(=O)c2ccccc2[N+](=O)[O-])no1. The molecule has 0 atom stereocenters. The van der Waals surface area contributed by atoms with Crippen LogP contribution in [0.25, 0.3) is 0 Å². The van der Waals surface area contributed by atoms with Crippen LogP contribution in [0.4, 0.5) is 5.69 Å². The third kappa shape index (κ3) is 2.92. The van der Waals surface area contributed by atoms with Gasteiger partial charge in [0.1, 0.15) is 5.56 Å². The number of nitro benzene ring substituents is 1. The second-order valence-corrected chi connectivity index (χ2v) is 3.69. The monoisotopic (exact) mass is 262 g/mol. The number of hydrogen-bond donors (Lipinski definition) is 1. The van der Waals surface area contributed by atoms with Gasteiger partial charge < -0.3 is 9.84 Å². The van der Waals surface area contributed by atoms with Gasteiger partial charge in [0.2, 0.25) is 5.89 Å². The second-order valence-electron chi connectivity index (χ2n) is 3.69. The number of rotatable bonds is 4. The maximum absolute atomic E-state index is 11.8. The van der Waals surface area contributed by atoms with Crippen molar-refractivity contribution in [2.75, 3.05) is 0 Å². The van der Waals surface area contributed by atoms with Crippen LogP contribution >= 0.6 is 0 Å². The van der Waals surface area contributed by atoms with Crippen molar-refractivity contribution in [2.45, 2.75) is 13.5 Å². The Hall–Kier alpha value is -2.77. The van der Waals surface area contributed by atoms with Gasteiger partial charge in [-0.15, -0.1) is 0 Å². The van der Waals surface area contributed by atoms with Gasteiger partial charge in [-0.05, 0) is 6.07 Å². The lowest BCUT2D eigenvalue weighted by molar-refractivity contribution is -0.385. The van der Waals surface area contributed by atoms with E-state index in [2.05, 4.69) is 15.5 Å². The van der Waals surface area contributed by atoms with E-state index in [1.165, 1.54) is 18.2 Å². The Morgan fingerprint density at radius 3 is 2.84 bits per heavy atom. The molecule has 0 radical (unpaired) electrons. The van der Waals surface area contributed by atoms with Gasteiger partial charge in [-0.1, -0.05) is 17.3 Å². The molecule has 0 bridgehead atoms. The zero-order chi connectivity index (χ0) is 13.8. The fourth-order valence-electron chi connectivity index (χ4n) is 1.49. The van der Waals surface area contributed by atoms with E-state index in [9.17, 15) is 14.9 Å². The average Bonchev–Trinajstić information content (AvgIpc) is 2.81. The van der Waals surface area contributed by atoms with Gasteiger partial charge >= 0.3 is 0 Å². The van der Waals surface area contributed by atoms with Crippen molar-refractivity contribution < 1.29 is 14.2 Å². The van der Waals surface area contributed by atoms with Crippen molar-refractivity contribution in [3.63, 3.8) is 0 Å². The third-order valence-corrected chi connectivity index (χ3v) is 2.32. The standard InChI is InChI=1S/C11H10N4O4/c1-7-13-10(14-19-7)6-12-11(16)8-4-2-3-5-9(8)15(17)18/h2-5H,6H2,1H3,(H,12,16). The third-order valence-electron chi connectivity index (χ3n) is 2.32. The summed E-state index contributed by atoms with van der Waals surface area (Å²) < 4.78 is 4.74. The van der Waals surface area contributed by atoms with E-state index in [4.69, 9.17) is 4.52 Å². The summed E-state index contributed by atoms with van der Waals surface area (Å²) in [4.78, 5) is 25.9. The van der Waals surface area contributed by atoms with Crippen LogP contribution in [0.1, 0.15) is 22.1 Å². The Morgan fingerprint density at radius 1 is 1.47 bits per heavy atom. The molecule has 1 heterocycles. The van der Waals surface area contributed by atoms with Crippen LogP contribution in [0.15, 0.2) is 28.8 Å². The Labute approximate surface area is 107 Å². The lowest BCUT2D eigenvalue weighted by Gasteiger charge is -2.03. The van der Waals surface area contributed by atoms with Crippen LogP contribution in [0, 0.1) is 17.0 Å². The quantitative estimate of drug-likeness (QED) is 0.654. The maximum atomic E-state index is 11.8. The topological polar surface area (TPSA) is 111 Å². The predicted molar refractivity (Wildman–Crippen MR) is 63.3 cm³/mol. The first-order valence-electron chi connectivity index (χ1n) is 5.38. The first-order valence-corrected chi connectivity index (χ1v) is 5.38. The van der Waals surface area contributed by atoms with E-state index in [1.54, 1.807) is 13.0 Å². The highest BCUT2D eigenvalue weighted by Gasteiger charge is 2.19. The van der Waals surface area contributed by atoms with E-state index >= 15 is 0 Å². The molecule has 1 N–H and O–H groups in total. The summed E-state index contributed by atoms with van der Waals surface area (Å²) >= 11 is 0. The molecule has 0 aliphatic rings. The van der Waals surface area contributed by atoms with Crippen LogP contribution < -0.4 is 5.32 Å². The smallest absolute Gasteiger partial charge is 0.282 e. The summed E-state index contributed by atoms with van der Waals surface area (Å²) in [6.45, 7) is 1.67. The first-order chi connectivity index (χ1) is 9.08. The number of hydrogen-bond acceptors (Lipinski definition) is 6. The fourth-order valence-corrected chi connectivity index (χ4v) is 1.49. The molecule has 0 fully saturated rings. The van der Waals surface area contributed by atoms with Crippen LogP contribution in [0.3, 0.4) is 0 Å². The molecule has 0 unspecified atom stereocenters. The summed E-state index contributed by atoms with van der Waals surface area (Å²) in [7, 11) is 0. The Bertz CT molecular complexity index is 623. The molecule has 1 aromatic carbocycles. The normalized spacial score (nSPS) is 10.2. The number of nitro groups is 1. The number of benzene rings is 1. The van der Waals surface area contributed by atoms with Crippen molar-refractivity contribution in [1.82, 2.24) is 15.5 Å². The number of nitrogens with one attached hydrogen (secondary N) is 1. The number of amides is 1. The number of aryl methyl sites for hydroxylation is 1. The van der Waals surface area contributed by atoms with Crippen LogP contribution in [0.2, 0.25) is 0 Å². The van der Waals surface area contributed by atoms with Crippen LogP contribution in [0.5, 0.6) is 0 Å². The molecule has 0 spiro atoms. The Balaban J connectivity index is 2.10. The molecule has 0 aliphatic carbocycles. The number of para-hydroxylation sites is 1. The molecule has 1 amide bonds. The van der Waals surface area contributed by atoms with Gasteiger partial charge in [-0.3, -0.25) is 14.9 Å². The summed E-state index contributed by atoms with van der Waals surface area (Å²) in [5.74, 6) is 0.133. The van der Waals surface area contributed by atoms with Crippen molar-refractivity contribution >= 4 is 11.6 Å². The molecule has 0 saturated carbocycles. The number of nitrogens with zero attached hydrogens (tertiary/aromatic N) is 3. The van der Waals surface area contributed by atoms with E-state index < -0.39 is 10.8 Å². The molecule has 2 aromatic rings. The number of aromatic nitrogens is 2. The molecule has 8 heteroatoms. The zero-order valence-electron chi connectivity index (χ0n) is 9.99. The molecular formula is C11H10N4O4. The summed E-state index contributed by atoms with van der Waals surface area (Å²) in [6.07, 6.45) is 0. The van der Waals surface area contributed by atoms with E-state index in [-0.39, 0.29) is 17.8 Å². The van der Waals surface area contributed by atoms with E-state index in [0.717, 1.165) is 0 Å². The van der Waals surface area contributed by atoms with Crippen molar-refractivity contribution in [2.24, 2.45) is 0 Å². The number of carbonyl (C=O) groups is 1. The lowest BCUT2D eigenvalue weighted by atomic mass is 10.1. The lowest BCUT2D eigenvalue weighted by Crippen LogP contribution is -2.24. The molecule has 98 valence electrons. The van der Waals surface area contributed by atoms with E-state index in [0.29, 0.717) is 11.7 Å². The van der Waals surface area contributed by atoms with Gasteiger partial charge in [0.15, 0.2) is 5.82 Å². The van der Waals surface area contributed by atoms with Gasteiger partial charge in [0.25, 0.3) is 11.6 Å². The maximum Gasteiger partial charge on any atom is 0.282 e. The average molecular weight is 262 g/mol. The molecule has 0 aliphatic heterocycles. The molecule has 0 saturated heterocycles. The highest BCUT2D eigenvalue weighted by molar-refractivity contribution is 5.97. The minimum atomic E-state index is -0.604. The van der Waals surface area contributed by atoms with E-state index in [1.807, 2.05) is 0 Å². The molecular weight excluding hydrogens is 252 g/mol. The van der Waals surface area contributed by atoms with Gasteiger partial charge in [0, 0.05) is 13.0 Å². The predicted octanol–water partition coefficient (Wildman–Crippen LogP) is 1.22. The van der Waals surface area contributed by atoms with Gasteiger partial charge in [-0.2, -0.15) is 4.98 Å². The minimum Gasteiger partial charge on any atom is -0.344 e. The highest BCUT2D eigenvalue weighted by atomic mass is 16.6. The van der Waals surface area contributed by atoms with Crippen molar-refractivity contribution in [1.29, 1.82) is 0 Å². The van der Waals surface area contributed by atoms with Crippen molar-refractivity contribution in [3.8, 4) is 0 Å². The van der Waals surface area contributed by atoms with Crippen LogP contribution in [-0.2, 0) is 6.54 Å². The number of carbonyl (C=O) groups excluding carboxylic acids is 1. The molecule has 1 aromatic heterocycles. The summed E-state index contributed by atoms with van der Waals surface area (Å²) in [5, 5.41) is 16.9. The molecule has 2 rings (SSSR count).